The topological polar surface area (TPSA) is 127 Å². The number of pyridine rings is 2. The fourth-order valence-corrected chi connectivity index (χ4v) is 4.93. The van der Waals surface area contributed by atoms with Gasteiger partial charge >= 0.3 is 0 Å². The Morgan fingerprint density at radius 2 is 2.07 bits per heavy atom. The number of sulfone groups is 1. The van der Waals surface area contributed by atoms with Gasteiger partial charge in [-0.25, -0.2) is 18.4 Å². The predicted molar refractivity (Wildman–Crippen MR) is 110 cm³/mol. The highest BCUT2D eigenvalue weighted by molar-refractivity contribution is 7.90. The molecule has 11 heteroatoms. The minimum absolute atomic E-state index is 0.100. The zero-order valence-electron chi connectivity index (χ0n) is 16.4. The van der Waals surface area contributed by atoms with Crippen molar-refractivity contribution in [2.24, 2.45) is 11.0 Å². The van der Waals surface area contributed by atoms with Crippen LogP contribution in [0.4, 0.5) is 0 Å². The molecule has 0 aliphatic heterocycles. The molecule has 0 amide bonds. The summed E-state index contributed by atoms with van der Waals surface area (Å²) in [5, 5.41) is 5.53. The Morgan fingerprint density at radius 1 is 1.34 bits per heavy atom. The number of hydrogen-bond donors (Lipinski definition) is 0. The van der Waals surface area contributed by atoms with Crippen LogP contribution < -0.4 is 4.74 Å². The normalized spacial score (nSPS) is 21.1. The minimum Gasteiger partial charge on any atom is -0.474 e. The van der Waals surface area contributed by atoms with E-state index in [-0.39, 0.29) is 29.5 Å². The molecule has 0 spiro atoms. The monoisotopic (exact) mass is 439 g/mol. The molecule has 9 nitrogen and oxygen atoms in total. The zero-order chi connectivity index (χ0) is 21.2. The van der Waals surface area contributed by atoms with Crippen molar-refractivity contribution in [2.75, 3.05) is 25.7 Å². The van der Waals surface area contributed by atoms with Crippen LogP contribution in [0.15, 0.2) is 23.6 Å². The van der Waals surface area contributed by atoms with Crippen LogP contribution in [0.25, 0.3) is 21.2 Å². The lowest BCUT2D eigenvalue weighted by atomic mass is 9.84. The molecule has 0 N–H and O–H groups in total. The first-order valence-electron chi connectivity index (χ1n) is 8.99. The van der Waals surface area contributed by atoms with Gasteiger partial charge < -0.3 is 9.47 Å². The van der Waals surface area contributed by atoms with E-state index in [0.29, 0.717) is 35.1 Å². The van der Waals surface area contributed by atoms with E-state index in [0.717, 1.165) is 0 Å². The number of ether oxygens (including phenoxy) is 2. The van der Waals surface area contributed by atoms with Crippen LogP contribution in [0.5, 0.6) is 5.88 Å². The molecule has 0 saturated heterocycles. The van der Waals surface area contributed by atoms with Crippen molar-refractivity contribution in [3.8, 4) is 5.88 Å². The summed E-state index contributed by atoms with van der Waals surface area (Å²) in [5.41, 5.74) is 8.67. The standard InChI is InChI=1S/C18H22ClN5O4S/c1-18(10-27-2,23-24-20)15-8-22-17(14-7-21-16(19)6-13(14)15)28-12-4-11(5-12)9-29(3,25)26/h6-8,11-12H,4-5,9-10H2,1-3H3/t11?,12?,18-/m1/s1. The number of hydrogen-bond acceptors (Lipinski definition) is 7. The molecule has 0 radical (unpaired) electrons. The van der Waals surface area contributed by atoms with Gasteiger partial charge in [-0.15, -0.1) is 0 Å². The third-order valence-electron chi connectivity index (χ3n) is 4.98. The maximum Gasteiger partial charge on any atom is 0.223 e. The lowest BCUT2D eigenvalue weighted by Crippen LogP contribution is -2.37. The molecule has 2 aromatic rings. The third kappa shape index (κ3) is 4.90. The van der Waals surface area contributed by atoms with Gasteiger partial charge in [0.15, 0.2) is 0 Å². The summed E-state index contributed by atoms with van der Waals surface area (Å²) in [7, 11) is -1.48. The Hall–Kier alpha value is -2.13. The van der Waals surface area contributed by atoms with E-state index < -0.39 is 15.4 Å². The molecule has 2 heterocycles. The number of nitrogens with zero attached hydrogens (tertiary/aromatic N) is 5. The van der Waals surface area contributed by atoms with Crippen LogP contribution >= 0.6 is 11.6 Å². The van der Waals surface area contributed by atoms with Crippen LogP contribution in [-0.4, -0.2) is 50.2 Å². The Labute approximate surface area is 173 Å². The fourth-order valence-electron chi connectivity index (χ4n) is 3.64. The SMILES string of the molecule is COC[C@@](C)(N=[N+]=[N-])c1cnc(OC2CC(CS(C)(=O)=O)C2)c2cnc(Cl)cc12. The summed E-state index contributed by atoms with van der Waals surface area (Å²) in [5.74, 6) is 0.651. The van der Waals surface area contributed by atoms with E-state index in [1.807, 2.05) is 0 Å². The molecule has 156 valence electrons. The van der Waals surface area contributed by atoms with Crippen LogP contribution in [-0.2, 0) is 20.1 Å². The summed E-state index contributed by atoms with van der Waals surface area (Å²) in [6.07, 6.45) is 5.60. The molecule has 1 saturated carbocycles. The summed E-state index contributed by atoms with van der Waals surface area (Å²) in [4.78, 5) is 11.5. The zero-order valence-corrected chi connectivity index (χ0v) is 17.9. The molecule has 3 rings (SSSR count). The van der Waals surface area contributed by atoms with Crippen molar-refractivity contribution in [1.82, 2.24) is 9.97 Å². The number of methoxy groups -OCH3 is 1. The highest BCUT2D eigenvalue weighted by Gasteiger charge is 2.34. The van der Waals surface area contributed by atoms with Crippen LogP contribution in [0.2, 0.25) is 5.15 Å². The number of azide groups is 1. The van der Waals surface area contributed by atoms with Crippen molar-refractivity contribution < 1.29 is 17.9 Å². The molecule has 1 aliphatic rings. The van der Waals surface area contributed by atoms with Gasteiger partial charge in [0.1, 0.15) is 21.1 Å². The van der Waals surface area contributed by atoms with Gasteiger partial charge in [-0.05, 0) is 48.2 Å². The molecular weight excluding hydrogens is 418 g/mol. The lowest BCUT2D eigenvalue weighted by molar-refractivity contribution is 0.0724. The van der Waals surface area contributed by atoms with Crippen molar-refractivity contribution in [1.29, 1.82) is 0 Å². The molecule has 0 unspecified atom stereocenters. The van der Waals surface area contributed by atoms with E-state index in [1.54, 1.807) is 25.4 Å². The maximum absolute atomic E-state index is 11.4. The van der Waals surface area contributed by atoms with Gasteiger partial charge in [0.25, 0.3) is 0 Å². The first-order chi connectivity index (χ1) is 13.6. The van der Waals surface area contributed by atoms with Crippen LogP contribution in [0.1, 0.15) is 25.3 Å². The second-order valence-corrected chi connectivity index (χ2v) is 10.2. The van der Waals surface area contributed by atoms with Gasteiger partial charge in [0.05, 0.1) is 23.3 Å². The maximum atomic E-state index is 11.4. The van der Waals surface area contributed by atoms with Crippen molar-refractivity contribution in [2.45, 2.75) is 31.4 Å². The minimum atomic E-state index is -3.00. The van der Waals surface area contributed by atoms with Gasteiger partial charge in [-0.2, -0.15) is 0 Å². The number of halogens is 1. The average molecular weight is 440 g/mol. The van der Waals surface area contributed by atoms with Crippen LogP contribution in [0.3, 0.4) is 0 Å². The Balaban J connectivity index is 1.93. The number of aromatic nitrogens is 2. The fraction of sp³-hybridized carbons (Fsp3) is 0.556. The van der Waals surface area contributed by atoms with Crippen molar-refractivity contribution in [3.05, 3.63) is 39.6 Å². The summed E-state index contributed by atoms with van der Waals surface area (Å²) >= 11 is 6.11. The molecule has 0 bridgehead atoms. The van der Waals surface area contributed by atoms with Gasteiger partial charge in [0, 0.05) is 30.7 Å². The molecular formula is C18H22ClN5O4S. The highest BCUT2D eigenvalue weighted by atomic mass is 35.5. The lowest BCUT2D eigenvalue weighted by Gasteiger charge is -2.35. The summed E-state index contributed by atoms with van der Waals surface area (Å²) < 4.78 is 34.1. The summed E-state index contributed by atoms with van der Waals surface area (Å²) in [6, 6.07) is 1.68. The van der Waals surface area contributed by atoms with Crippen molar-refractivity contribution >= 4 is 32.2 Å². The molecule has 1 fully saturated rings. The molecule has 0 aromatic carbocycles. The Bertz CT molecular complexity index is 1070. The van der Waals surface area contributed by atoms with E-state index >= 15 is 0 Å². The van der Waals surface area contributed by atoms with Crippen molar-refractivity contribution in [3.63, 3.8) is 0 Å². The van der Waals surface area contributed by atoms with Crippen LogP contribution in [0, 0.1) is 5.92 Å². The summed E-state index contributed by atoms with van der Waals surface area (Å²) in [6.45, 7) is 1.91. The number of rotatable bonds is 8. The Kier molecular flexibility index (Phi) is 6.19. The second-order valence-electron chi connectivity index (χ2n) is 7.60. The van der Waals surface area contributed by atoms with Gasteiger partial charge in [0.2, 0.25) is 5.88 Å². The highest BCUT2D eigenvalue weighted by Crippen LogP contribution is 2.38. The predicted octanol–water partition coefficient (Wildman–Crippen LogP) is 3.66. The number of fused-ring (bicyclic) bond motifs is 1. The largest absolute Gasteiger partial charge is 0.474 e. The quantitative estimate of drug-likeness (QED) is 0.267. The molecule has 1 atom stereocenters. The van der Waals surface area contributed by atoms with Gasteiger partial charge in [-0.3, -0.25) is 0 Å². The first-order valence-corrected chi connectivity index (χ1v) is 11.4. The molecule has 1 aliphatic carbocycles. The second kappa shape index (κ2) is 8.31. The van der Waals surface area contributed by atoms with E-state index in [1.165, 1.54) is 13.4 Å². The van der Waals surface area contributed by atoms with E-state index in [2.05, 4.69) is 20.0 Å². The average Bonchev–Trinajstić information content (AvgIpc) is 2.58. The van der Waals surface area contributed by atoms with Gasteiger partial charge in [-0.1, -0.05) is 16.7 Å². The Morgan fingerprint density at radius 3 is 2.69 bits per heavy atom. The first kappa shape index (κ1) is 21.6. The smallest absolute Gasteiger partial charge is 0.223 e. The van der Waals surface area contributed by atoms with E-state index in [9.17, 15) is 8.42 Å². The third-order valence-corrected chi connectivity index (χ3v) is 6.27. The van der Waals surface area contributed by atoms with E-state index in [4.69, 9.17) is 26.6 Å². The molecule has 29 heavy (non-hydrogen) atoms. The molecule has 2 aromatic heterocycles.